The molecule has 2 aromatic heterocycles. The number of thiazole rings is 1. The van der Waals surface area contributed by atoms with E-state index < -0.39 is 0 Å². The molecule has 1 aliphatic heterocycles. The summed E-state index contributed by atoms with van der Waals surface area (Å²) in [4.78, 5) is 23.0. The quantitative estimate of drug-likeness (QED) is 0.232. The van der Waals surface area contributed by atoms with E-state index in [1.54, 1.807) is 11.8 Å². The van der Waals surface area contributed by atoms with Crippen LogP contribution < -0.4 is 11.1 Å². The van der Waals surface area contributed by atoms with Crippen molar-refractivity contribution in [2.75, 3.05) is 18.4 Å². The maximum absolute atomic E-state index is 10.3. The topological polar surface area (TPSA) is 108 Å². The predicted octanol–water partition coefficient (Wildman–Crippen LogP) is 6.34. The summed E-state index contributed by atoms with van der Waals surface area (Å²) in [5.74, 6) is 0.782. The predicted molar refractivity (Wildman–Crippen MR) is 149 cm³/mol. The molecule has 0 aromatic carbocycles. The number of likely N-dealkylation sites (tertiary alicyclic amines) is 1. The fraction of sp³-hybridized carbons (Fsp3) is 0.360. The standard InChI is InChI=1S/C15H18N4S2.C9H15NO.CH3N/c1-9(2)21-14(11(4)16)12-8-20-15(18-12)19-13-6-5-10(3)7-17-13;1-2-3-9-4-6-10(8-11)7-5-9;1-2/h5-8H,1,16H2,2-4H3,(H,17,18,19);3,8H,2,4-7H2,1H3;2H,1H2/b14-11-;;. The summed E-state index contributed by atoms with van der Waals surface area (Å²) in [7, 11) is 0. The van der Waals surface area contributed by atoms with Crippen LogP contribution in [0, 0.1) is 12.3 Å². The molecular formula is C25H36N6OS2. The van der Waals surface area contributed by atoms with E-state index in [1.165, 1.54) is 16.9 Å². The second-order valence-corrected chi connectivity index (χ2v) is 9.78. The number of aryl methyl sites for hydroxylation is 1. The van der Waals surface area contributed by atoms with E-state index in [1.807, 2.05) is 49.4 Å². The van der Waals surface area contributed by atoms with Gasteiger partial charge in [-0.05, 0) is 63.3 Å². The fourth-order valence-electron chi connectivity index (χ4n) is 3.01. The SMILES string of the molecule is C=C(C)S/C(=C(/C)N)c1csc(Nc2ccc(C)cn2)n1.C=N.CCC=C1CCN(C=O)CC1. The van der Waals surface area contributed by atoms with Crippen LogP contribution in [0.5, 0.6) is 0 Å². The summed E-state index contributed by atoms with van der Waals surface area (Å²) in [6.07, 6.45) is 8.32. The van der Waals surface area contributed by atoms with E-state index in [4.69, 9.17) is 11.1 Å². The van der Waals surface area contributed by atoms with Gasteiger partial charge in [-0.25, -0.2) is 9.97 Å². The van der Waals surface area contributed by atoms with Gasteiger partial charge < -0.3 is 21.4 Å². The minimum atomic E-state index is 0.744. The lowest BCUT2D eigenvalue weighted by atomic mass is 10.0. The number of nitrogens with one attached hydrogen (secondary N) is 2. The van der Waals surface area contributed by atoms with E-state index in [2.05, 4.69) is 41.6 Å². The van der Waals surface area contributed by atoms with Gasteiger partial charge in [0.2, 0.25) is 6.41 Å². The molecule has 2 aromatic rings. The number of allylic oxidation sites excluding steroid dienone is 3. The number of carbonyl (C=O) groups excluding carboxylic acids is 1. The molecule has 0 unspecified atom stereocenters. The molecule has 1 fully saturated rings. The molecule has 9 heteroatoms. The lowest BCUT2D eigenvalue weighted by molar-refractivity contribution is -0.118. The molecule has 0 spiro atoms. The summed E-state index contributed by atoms with van der Waals surface area (Å²) in [6.45, 7) is 16.2. The zero-order chi connectivity index (χ0) is 25.5. The molecule has 0 saturated carbocycles. The Morgan fingerprint density at radius 1 is 1.32 bits per heavy atom. The molecule has 3 rings (SSSR count). The van der Waals surface area contributed by atoms with Crippen molar-refractivity contribution in [3.63, 3.8) is 0 Å². The monoisotopic (exact) mass is 500 g/mol. The van der Waals surface area contributed by atoms with Gasteiger partial charge in [0.05, 0.1) is 10.6 Å². The Balaban J connectivity index is 0.000000374. The Morgan fingerprint density at radius 2 is 2.00 bits per heavy atom. The van der Waals surface area contributed by atoms with Gasteiger partial charge in [0.15, 0.2) is 5.13 Å². The number of piperidine rings is 1. The van der Waals surface area contributed by atoms with Crippen molar-refractivity contribution in [3.05, 3.63) is 63.8 Å². The van der Waals surface area contributed by atoms with E-state index in [-0.39, 0.29) is 0 Å². The third-order valence-electron chi connectivity index (χ3n) is 4.60. The average Bonchev–Trinajstić information content (AvgIpc) is 3.29. The van der Waals surface area contributed by atoms with Crippen LogP contribution in [-0.4, -0.2) is 41.1 Å². The largest absolute Gasteiger partial charge is 0.401 e. The minimum Gasteiger partial charge on any atom is -0.401 e. The summed E-state index contributed by atoms with van der Waals surface area (Å²) < 4.78 is 0. The molecule has 184 valence electrons. The van der Waals surface area contributed by atoms with Gasteiger partial charge in [0, 0.05) is 30.4 Å². The first-order valence-corrected chi connectivity index (χ1v) is 12.7. The number of hydrogen-bond donors (Lipinski definition) is 3. The van der Waals surface area contributed by atoms with Gasteiger partial charge >= 0.3 is 0 Å². The zero-order valence-electron chi connectivity index (χ0n) is 20.6. The summed E-state index contributed by atoms with van der Waals surface area (Å²) in [5, 5.41) is 11.5. The lowest BCUT2D eigenvalue weighted by Gasteiger charge is -2.24. The summed E-state index contributed by atoms with van der Waals surface area (Å²) in [6, 6.07) is 3.94. The Kier molecular flexibility index (Phi) is 13.6. The molecule has 1 amide bonds. The molecule has 7 nitrogen and oxygen atoms in total. The Labute approximate surface area is 211 Å². The first-order valence-electron chi connectivity index (χ1n) is 11.0. The normalized spacial score (nSPS) is 13.4. The molecule has 34 heavy (non-hydrogen) atoms. The van der Waals surface area contributed by atoms with Crippen LogP contribution in [0.1, 0.15) is 51.3 Å². The number of carbonyl (C=O) groups is 1. The average molecular weight is 501 g/mol. The highest BCUT2D eigenvalue weighted by Gasteiger charge is 2.12. The van der Waals surface area contributed by atoms with Gasteiger partial charge in [-0.2, -0.15) is 0 Å². The molecule has 3 heterocycles. The van der Waals surface area contributed by atoms with Crippen molar-refractivity contribution in [2.24, 2.45) is 5.73 Å². The highest BCUT2D eigenvalue weighted by atomic mass is 32.2. The lowest BCUT2D eigenvalue weighted by Crippen LogP contribution is -2.29. The van der Waals surface area contributed by atoms with Crippen molar-refractivity contribution in [1.82, 2.24) is 14.9 Å². The molecule has 1 aliphatic rings. The van der Waals surface area contributed by atoms with Crippen molar-refractivity contribution >= 4 is 52.1 Å². The third kappa shape index (κ3) is 10.4. The van der Waals surface area contributed by atoms with Gasteiger partial charge in [0.1, 0.15) is 5.82 Å². The van der Waals surface area contributed by atoms with Gasteiger partial charge in [-0.3, -0.25) is 4.79 Å². The van der Waals surface area contributed by atoms with Crippen molar-refractivity contribution in [2.45, 2.75) is 47.0 Å². The van der Waals surface area contributed by atoms with Crippen LogP contribution in [0.3, 0.4) is 0 Å². The molecule has 0 aliphatic carbocycles. The van der Waals surface area contributed by atoms with E-state index >= 15 is 0 Å². The maximum Gasteiger partial charge on any atom is 0.209 e. The summed E-state index contributed by atoms with van der Waals surface area (Å²) >= 11 is 3.07. The van der Waals surface area contributed by atoms with Crippen molar-refractivity contribution < 1.29 is 4.79 Å². The smallest absolute Gasteiger partial charge is 0.209 e. The number of nitrogens with two attached hydrogens (primary N) is 1. The van der Waals surface area contributed by atoms with Crippen LogP contribution in [0.25, 0.3) is 4.91 Å². The number of anilines is 2. The number of hydrogen-bond acceptors (Lipinski definition) is 8. The maximum atomic E-state index is 10.3. The Morgan fingerprint density at radius 3 is 2.50 bits per heavy atom. The van der Waals surface area contributed by atoms with E-state index in [0.717, 1.165) is 76.5 Å². The first-order chi connectivity index (χ1) is 16.3. The zero-order valence-corrected chi connectivity index (χ0v) is 22.2. The van der Waals surface area contributed by atoms with Crippen LogP contribution >= 0.6 is 23.1 Å². The third-order valence-corrected chi connectivity index (χ3v) is 6.44. The van der Waals surface area contributed by atoms with Gasteiger partial charge in [0.25, 0.3) is 0 Å². The molecule has 4 N–H and O–H groups in total. The number of pyridine rings is 1. The number of thioether (sulfide) groups is 1. The second-order valence-electron chi connectivity index (χ2n) is 7.61. The molecule has 0 atom stereocenters. The Bertz CT molecular complexity index is 968. The molecule has 1 saturated heterocycles. The highest BCUT2D eigenvalue weighted by molar-refractivity contribution is 8.11. The Hall–Kier alpha value is -2.91. The van der Waals surface area contributed by atoms with Crippen LogP contribution in [0.2, 0.25) is 0 Å². The summed E-state index contributed by atoms with van der Waals surface area (Å²) in [5.41, 5.74) is 10.2. The van der Waals surface area contributed by atoms with Crippen LogP contribution in [0.15, 0.2) is 52.5 Å². The number of rotatable bonds is 7. The van der Waals surface area contributed by atoms with Gasteiger partial charge in [-0.15, -0.1) is 11.3 Å². The van der Waals surface area contributed by atoms with E-state index in [0.29, 0.717) is 0 Å². The first kappa shape index (κ1) is 29.1. The number of aromatic nitrogens is 2. The second kappa shape index (κ2) is 15.8. The van der Waals surface area contributed by atoms with Crippen LogP contribution in [0.4, 0.5) is 10.9 Å². The minimum absolute atomic E-state index is 0.744. The highest BCUT2D eigenvalue weighted by Crippen LogP contribution is 2.35. The molecule has 0 radical (unpaired) electrons. The molecular weight excluding hydrogens is 464 g/mol. The number of nitrogens with zero attached hydrogens (tertiary/aromatic N) is 3. The molecule has 0 bridgehead atoms. The fourth-order valence-corrected chi connectivity index (χ4v) is 4.51. The van der Waals surface area contributed by atoms with E-state index in [9.17, 15) is 4.79 Å². The van der Waals surface area contributed by atoms with Gasteiger partial charge in [-0.1, -0.05) is 43.0 Å². The number of amides is 1. The van der Waals surface area contributed by atoms with Crippen LogP contribution in [-0.2, 0) is 4.79 Å². The van der Waals surface area contributed by atoms with Crippen molar-refractivity contribution in [3.8, 4) is 0 Å². The van der Waals surface area contributed by atoms with Crippen molar-refractivity contribution in [1.29, 1.82) is 5.41 Å².